The molecule has 27 heavy (non-hydrogen) atoms. The second kappa shape index (κ2) is 13.1. The van der Waals surface area contributed by atoms with Crippen LogP contribution in [0.4, 0.5) is 0 Å². The lowest BCUT2D eigenvalue weighted by atomic mass is 10.1. The topological polar surface area (TPSA) is 52.6 Å². The Morgan fingerprint density at radius 2 is 1.81 bits per heavy atom. The number of nitrogens with zero attached hydrogens (tertiary/aromatic N) is 3. The van der Waals surface area contributed by atoms with E-state index in [1.165, 1.54) is 16.0 Å². The summed E-state index contributed by atoms with van der Waals surface area (Å²) in [4.78, 5) is 12.5. The fourth-order valence-electron chi connectivity index (χ4n) is 2.70. The Balaban J connectivity index is 0.00000364. The summed E-state index contributed by atoms with van der Waals surface area (Å²) in [7, 11) is 1.80. The summed E-state index contributed by atoms with van der Waals surface area (Å²) in [5.41, 5.74) is 2.62. The van der Waals surface area contributed by atoms with E-state index in [9.17, 15) is 0 Å². The van der Waals surface area contributed by atoms with Crippen molar-refractivity contribution in [2.45, 2.75) is 46.8 Å². The highest BCUT2D eigenvalue weighted by Gasteiger charge is 2.05. The Morgan fingerprint density at radius 3 is 2.44 bits per heavy atom. The Bertz CT molecular complexity index is 697. The lowest BCUT2D eigenvalue weighted by molar-refractivity contribution is 0.296. The lowest BCUT2D eigenvalue weighted by Gasteiger charge is -2.18. The van der Waals surface area contributed by atoms with Gasteiger partial charge in [-0.05, 0) is 30.6 Å². The first-order valence-corrected chi connectivity index (χ1v) is 10.2. The van der Waals surface area contributed by atoms with Gasteiger partial charge in [0.05, 0.1) is 6.54 Å². The first-order chi connectivity index (χ1) is 12.7. The third-order valence-electron chi connectivity index (χ3n) is 4.33. The molecule has 1 heterocycles. The normalized spacial score (nSPS) is 11.4. The Morgan fingerprint density at radius 1 is 1.11 bits per heavy atom. The van der Waals surface area contributed by atoms with Crippen molar-refractivity contribution in [3.05, 3.63) is 51.5 Å². The van der Waals surface area contributed by atoms with Crippen molar-refractivity contribution in [1.82, 2.24) is 20.5 Å². The van der Waals surface area contributed by atoms with Gasteiger partial charge in [-0.1, -0.05) is 45.0 Å². The van der Waals surface area contributed by atoms with Crippen LogP contribution in [0.15, 0.2) is 35.5 Å². The molecule has 0 unspecified atom stereocenters. The molecule has 0 fully saturated rings. The minimum Gasteiger partial charge on any atom is -0.352 e. The molecule has 0 atom stereocenters. The molecule has 0 aliphatic rings. The average molecular weight is 501 g/mol. The molecule has 0 aliphatic heterocycles. The van der Waals surface area contributed by atoms with Gasteiger partial charge in [-0.25, -0.2) is 4.98 Å². The Labute approximate surface area is 184 Å². The molecule has 2 aromatic rings. The summed E-state index contributed by atoms with van der Waals surface area (Å²) in [6.45, 7) is 11.2. The Hall–Kier alpha value is -1.19. The fourth-order valence-corrected chi connectivity index (χ4v) is 3.50. The molecule has 0 saturated heterocycles. The van der Waals surface area contributed by atoms with Crippen LogP contribution in [0, 0.1) is 0 Å². The SMILES string of the molecule is CCc1cnc(CNC(=NC)NCc2cccc(CN(CC)CC)c2)s1.I. The molecule has 150 valence electrons. The van der Waals surface area contributed by atoms with E-state index >= 15 is 0 Å². The van der Waals surface area contributed by atoms with Crippen molar-refractivity contribution < 1.29 is 0 Å². The molecule has 2 N–H and O–H groups in total. The average Bonchev–Trinajstić information content (AvgIpc) is 3.14. The van der Waals surface area contributed by atoms with Crippen LogP contribution in [0.2, 0.25) is 0 Å². The molecule has 0 aliphatic carbocycles. The second-order valence-electron chi connectivity index (χ2n) is 6.13. The van der Waals surface area contributed by atoms with Gasteiger partial charge in [-0.3, -0.25) is 9.89 Å². The van der Waals surface area contributed by atoms with Gasteiger partial charge in [0, 0.05) is 31.2 Å². The van der Waals surface area contributed by atoms with E-state index in [4.69, 9.17) is 0 Å². The highest BCUT2D eigenvalue weighted by molar-refractivity contribution is 14.0. The third kappa shape index (κ3) is 8.15. The smallest absolute Gasteiger partial charge is 0.191 e. The summed E-state index contributed by atoms with van der Waals surface area (Å²) in [5, 5.41) is 7.81. The molecule has 5 nitrogen and oxygen atoms in total. The van der Waals surface area contributed by atoms with Crippen LogP contribution in [-0.4, -0.2) is 36.0 Å². The largest absolute Gasteiger partial charge is 0.352 e. The highest BCUT2D eigenvalue weighted by atomic mass is 127. The molecule has 0 spiro atoms. The fraction of sp³-hybridized carbons (Fsp3) is 0.500. The molecule has 0 radical (unpaired) electrons. The van der Waals surface area contributed by atoms with Gasteiger partial charge < -0.3 is 10.6 Å². The van der Waals surface area contributed by atoms with Gasteiger partial charge in [0.25, 0.3) is 0 Å². The van der Waals surface area contributed by atoms with Gasteiger partial charge in [-0.2, -0.15) is 0 Å². The van der Waals surface area contributed by atoms with Crippen LogP contribution in [0.25, 0.3) is 0 Å². The van der Waals surface area contributed by atoms with Gasteiger partial charge >= 0.3 is 0 Å². The van der Waals surface area contributed by atoms with Crippen LogP contribution < -0.4 is 10.6 Å². The first kappa shape index (κ1) is 23.8. The second-order valence-corrected chi connectivity index (χ2v) is 7.33. The molecule has 0 bridgehead atoms. The van der Waals surface area contributed by atoms with Gasteiger partial charge in [0.15, 0.2) is 5.96 Å². The molecular weight excluding hydrogens is 469 g/mol. The number of rotatable bonds is 9. The Kier molecular flexibility index (Phi) is 11.5. The van der Waals surface area contributed by atoms with E-state index < -0.39 is 0 Å². The monoisotopic (exact) mass is 501 g/mol. The molecule has 7 heteroatoms. The van der Waals surface area contributed by atoms with E-state index in [1.807, 2.05) is 6.20 Å². The first-order valence-electron chi connectivity index (χ1n) is 9.36. The molecule has 0 amide bonds. The van der Waals surface area contributed by atoms with Crippen LogP contribution in [0.5, 0.6) is 0 Å². The molecule has 1 aromatic carbocycles. The van der Waals surface area contributed by atoms with E-state index in [0.717, 1.165) is 43.6 Å². The number of aryl methyl sites for hydroxylation is 1. The summed E-state index contributed by atoms with van der Waals surface area (Å²) in [5.74, 6) is 0.799. The maximum absolute atomic E-state index is 4.44. The molecule has 0 saturated carbocycles. The van der Waals surface area contributed by atoms with Crippen molar-refractivity contribution in [1.29, 1.82) is 0 Å². The number of nitrogens with one attached hydrogen (secondary N) is 2. The predicted molar refractivity (Wildman–Crippen MR) is 127 cm³/mol. The molecule has 2 rings (SSSR count). The van der Waals surface area contributed by atoms with Crippen molar-refractivity contribution in [3.8, 4) is 0 Å². The minimum absolute atomic E-state index is 0. The maximum atomic E-state index is 4.44. The number of aromatic nitrogens is 1. The number of halogens is 1. The number of hydrogen-bond acceptors (Lipinski definition) is 4. The van der Waals surface area contributed by atoms with Crippen molar-refractivity contribution >= 4 is 41.3 Å². The number of thiazole rings is 1. The van der Waals surface area contributed by atoms with Crippen molar-refractivity contribution in [2.75, 3.05) is 20.1 Å². The number of benzene rings is 1. The number of hydrogen-bond donors (Lipinski definition) is 2. The zero-order valence-electron chi connectivity index (χ0n) is 16.8. The van der Waals surface area contributed by atoms with Crippen molar-refractivity contribution in [3.63, 3.8) is 0 Å². The number of guanidine groups is 1. The summed E-state index contributed by atoms with van der Waals surface area (Å²) in [6.07, 6.45) is 2.99. The number of aliphatic imine (C=N–C) groups is 1. The zero-order valence-corrected chi connectivity index (χ0v) is 19.9. The highest BCUT2D eigenvalue weighted by Crippen LogP contribution is 2.13. The summed E-state index contributed by atoms with van der Waals surface area (Å²) in [6, 6.07) is 8.75. The molecular formula is C20H32IN5S. The van der Waals surface area contributed by atoms with Gasteiger partial charge in [0.1, 0.15) is 5.01 Å². The zero-order chi connectivity index (χ0) is 18.8. The summed E-state index contributed by atoms with van der Waals surface area (Å²) >= 11 is 1.75. The van der Waals surface area contributed by atoms with Crippen LogP contribution >= 0.6 is 35.3 Å². The van der Waals surface area contributed by atoms with Crippen molar-refractivity contribution in [2.24, 2.45) is 4.99 Å². The van der Waals surface area contributed by atoms with Gasteiger partial charge in [-0.15, -0.1) is 35.3 Å². The van der Waals surface area contributed by atoms with Crippen LogP contribution in [-0.2, 0) is 26.1 Å². The van der Waals surface area contributed by atoms with E-state index in [2.05, 4.69) is 70.5 Å². The standard InChI is InChI=1S/C20H31N5S.HI/c1-5-18-13-22-19(26-18)14-24-20(21-4)23-12-16-9-8-10-17(11-16)15-25(6-2)7-3;/h8-11,13H,5-7,12,14-15H2,1-4H3,(H2,21,23,24);1H. The van der Waals surface area contributed by atoms with E-state index in [-0.39, 0.29) is 24.0 Å². The lowest BCUT2D eigenvalue weighted by Crippen LogP contribution is -2.36. The quantitative estimate of drug-likeness (QED) is 0.310. The maximum Gasteiger partial charge on any atom is 0.191 e. The predicted octanol–water partition coefficient (Wildman–Crippen LogP) is 4.03. The summed E-state index contributed by atoms with van der Waals surface area (Å²) < 4.78 is 0. The minimum atomic E-state index is 0. The van der Waals surface area contributed by atoms with E-state index in [1.54, 1.807) is 18.4 Å². The van der Waals surface area contributed by atoms with Crippen LogP contribution in [0.3, 0.4) is 0 Å². The van der Waals surface area contributed by atoms with E-state index in [0.29, 0.717) is 6.54 Å². The van der Waals surface area contributed by atoms with Gasteiger partial charge in [0.2, 0.25) is 0 Å². The van der Waals surface area contributed by atoms with Crippen LogP contribution in [0.1, 0.15) is 41.8 Å². The third-order valence-corrected chi connectivity index (χ3v) is 5.47. The molecule has 1 aromatic heterocycles.